The zero-order chi connectivity index (χ0) is 9.53. The Balaban J connectivity index is 2.38. The third-order valence-corrected chi connectivity index (χ3v) is 5.00. The van der Waals surface area contributed by atoms with Gasteiger partial charge in [-0.1, -0.05) is 38.3 Å². The van der Waals surface area contributed by atoms with Crippen molar-refractivity contribution in [3.8, 4) is 0 Å². The molecule has 0 aliphatic heterocycles. The van der Waals surface area contributed by atoms with Crippen molar-refractivity contribution in [1.29, 1.82) is 0 Å². The van der Waals surface area contributed by atoms with Gasteiger partial charge in [0.1, 0.15) is 0 Å². The van der Waals surface area contributed by atoms with Crippen LogP contribution in [0.15, 0.2) is 11.6 Å². The quantitative estimate of drug-likeness (QED) is 0.485. The van der Waals surface area contributed by atoms with Crippen molar-refractivity contribution in [2.45, 2.75) is 59.3 Å². The smallest absolute Gasteiger partial charge is 0.00653 e. The molecule has 0 heterocycles. The van der Waals surface area contributed by atoms with Gasteiger partial charge >= 0.3 is 0 Å². The van der Waals surface area contributed by atoms with E-state index < -0.39 is 0 Å². The molecule has 2 rings (SSSR count). The number of hydrogen-bond acceptors (Lipinski definition) is 0. The molecule has 1 saturated carbocycles. The van der Waals surface area contributed by atoms with Gasteiger partial charge < -0.3 is 0 Å². The van der Waals surface area contributed by atoms with Crippen molar-refractivity contribution in [2.24, 2.45) is 10.8 Å². The fourth-order valence-electron chi connectivity index (χ4n) is 3.48. The fraction of sp³-hybridized carbons (Fsp3) is 0.846. The number of fused-ring (bicyclic) bond motifs is 1. The Morgan fingerprint density at radius 1 is 1.08 bits per heavy atom. The van der Waals surface area contributed by atoms with E-state index in [0.717, 1.165) is 0 Å². The van der Waals surface area contributed by atoms with Crippen molar-refractivity contribution in [1.82, 2.24) is 0 Å². The van der Waals surface area contributed by atoms with Crippen molar-refractivity contribution >= 4 is 0 Å². The van der Waals surface area contributed by atoms with Crippen molar-refractivity contribution < 1.29 is 0 Å². The highest BCUT2D eigenvalue weighted by Crippen LogP contribution is 2.58. The summed E-state index contributed by atoms with van der Waals surface area (Å²) in [6.07, 6.45) is 11.0. The first kappa shape index (κ1) is 9.30. The maximum absolute atomic E-state index is 2.52. The lowest BCUT2D eigenvalue weighted by molar-refractivity contribution is 0.0328. The molecule has 0 bridgehead atoms. The van der Waals surface area contributed by atoms with Gasteiger partial charge in [-0.2, -0.15) is 0 Å². The first-order valence-electron chi connectivity index (χ1n) is 5.76. The zero-order valence-electron chi connectivity index (χ0n) is 9.32. The number of allylic oxidation sites excluding steroid dienone is 2. The summed E-state index contributed by atoms with van der Waals surface area (Å²) in [5.41, 5.74) is 2.81. The van der Waals surface area contributed by atoms with Gasteiger partial charge in [-0.25, -0.2) is 0 Å². The first-order chi connectivity index (χ1) is 6.08. The van der Waals surface area contributed by atoms with E-state index in [1.807, 2.05) is 0 Å². The molecule has 13 heavy (non-hydrogen) atoms. The normalized spacial score (nSPS) is 45.3. The summed E-state index contributed by atoms with van der Waals surface area (Å²) in [5, 5.41) is 0. The van der Waals surface area contributed by atoms with Crippen molar-refractivity contribution in [3.63, 3.8) is 0 Å². The summed E-state index contributed by atoms with van der Waals surface area (Å²) in [7, 11) is 0. The summed E-state index contributed by atoms with van der Waals surface area (Å²) in [6.45, 7) is 7.36. The van der Waals surface area contributed by atoms with Crippen LogP contribution < -0.4 is 0 Å². The lowest BCUT2D eigenvalue weighted by Crippen LogP contribution is -2.43. The Kier molecular flexibility index (Phi) is 2.05. The summed E-state index contributed by atoms with van der Waals surface area (Å²) >= 11 is 0. The van der Waals surface area contributed by atoms with Crippen LogP contribution in [0, 0.1) is 10.8 Å². The van der Waals surface area contributed by atoms with Crippen LogP contribution in [0.2, 0.25) is 0 Å². The minimum Gasteiger partial charge on any atom is -0.0850 e. The van der Waals surface area contributed by atoms with E-state index in [2.05, 4.69) is 26.8 Å². The monoisotopic (exact) mass is 178 g/mol. The van der Waals surface area contributed by atoms with Crippen LogP contribution >= 0.6 is 0 Å². The molecule has 2 aliphatic carbocycles. The molecule has 74 valence electrons. The van der Waals surface area contributed by atoms with Crippen LogP contribution in [0.5, 0.6) is 0 Å². The predicted molar refractivity (Wildman–Crippen MR) is 57.7 cm³/mol. The number of rotatable bonds is 0. The highest BCUT2D eigenvalue weighted by Gasteiger charge is 2.47. The highest BCUT2D eigenvalue weighted by molar-refractivity contribution is 5.20. The molecule has 1 fully saturated rings. The SMILES string of the molecule is CC1=CCC[C@@]2(C)CCCC[C@@]12C. The standard InChI is InChI=1S/C13H22/c1-11-7-6-9-12(2)8-4-5-10-13(11,12)3/h7H,4-6,8-10H2,1-3H3/t12-,13+/m1/s1. The van der Waals surface area contributed by atoms with E-state index in [1.54, 1.807) is 5.57 Å². The summed E-state index contributed by atoms with van der Waals surface area (Å²) in [5.74, 6) is 0. The van der Waals surface area contributed by atoms with Gasteiger partial charge in [0.25, 0.3) is 0 Å². The Morgan fingerprint density at radius 2 is 1.77 bits per heavy atom. The molecule has 0 aromatic carbocycles. The van der Waals surface area contributed by atoms with Gasteiger partial charge in [0, 0.05) is 0 Å². The van der Waals surface area contributed by atoms with Crippen LogP contribution in [0.1, 0.15) is 59.3 Å². The Labute approximate surface area is 82.4 Å². The van der Waals surface area contributed by atoms with Crippen LogP contribution in [-0.2, 0) is 0 Å². The van der Waals surface area contributed by atoms with E-state index in [0.29, 0.717) is 10.8 Å². The van der Waals surface area contributed by atoms with Gasteiger partial charge in [-0.3, -0.25) is 0 Å². The van der Waals surface area contributed by atoms with E-state index in [4.69, 9.17) is 0 Å². The second kappa shape index (κ2) is 2.87. The summed E-state index contributed by atoms with van der Waals surface area (Å²) in [6, 6.07) is 0. The maximum Gasteiger partial charge on any atom is -0.00653 e. The largest absolute Gasteiger partial charge is 0.0850 e. The van der Waals surface area contributed by atoms with Crippen molar-refractivity contribution in [3.05, 3.63) is 11.6 Å². The molecule has 0 aromatic rings. The molecule has 0 saturated heterocycles. The third-order valence-electron chi connectivity index (χ3n) is 5.00. The Bertz CT molecular complexity index is 238. The van der Waals surface area contributed by atoms with E-state index in [1.165, 1.54) is 38.5 Å². The predicted octanol–water partition coefficient (Wildman–Crippen LogP) is 4.31. The molecule has 2 atom stereocenters. The van der Waals surface area contributed by atoms with E-state index >= 15 is 0 Å². The molecule has 2 aliphatic rings. The molecule has 0 spiro atoms. The number of hydrogen-bond donors (Lipinski definition) is 0. The average molecular weight is 178 g/mol. The summed E-state index contributed by atoms with van der Waals surface area (Å²) < 4.78 is 0. The van der Waals surface area contributed by atoms with Gasteiger partial charge in [-0.15, -0.1) is 0 Å². The minimum absolute atomic E-state index is 0.531. The zero-order valence-corrected chi connectivity index (χ0v) is 9.32. The molecular weight excluding hydrogens is 156 g/mol. The second-order valence-electron chi connectivity index (χ2n) is 5.53. The second-order valence-corrected chi connectivity index (χ2v) is 5.53. The topological polar surface area (TPSA) is 0 Å². The third kappa shape index (κ3) is 1.18. The van der Waals surface area contributed by atoms with Crippen LogP contribution in [0.3, 0.4) is 0 Å². The molecule has 0 aromatic heterocycles. The van der Waals surface area contributed by atoms with Crippen LogP contribution in [0.4, 0.5) is 0 Å². The lowest BCUT2D eigenvalue weighted by atomic mass is 9.51. The van der Waals surface area contributed by atoms with E-state index in [9.17, 15) is 0 Å². The lowest BCUT2D eigenvalue weighted by Gasteiger charge is -2.53. The Morgan fingerprint density at radius 3 is 2.46 bits per heavy atom. The molecule has 0 radical (unpaired) electrons. The van der Waals surface area contributed by atoms with Crippen LogP contribution in [-0.4, -0.2) is 0 Å². The first-order valence-corrected chi connectivity index (χ1v) is 5.76. The van der Waals surface area contributed by atoms with Crippen LogP contribution in [0.25, 0.3) is 0 Å². The summed E-state index contributed by atoms with van der Waals surface area (Å²) in [4.78, 5) is 0. The molecule has 0 unspecified atom stereocenters. The average Bonchev–Trinajstić information content (AvgIpc) is 2.09. The molecule has 0 N–H and O–H groups in total. The minimum atomic E-state index is 0.531. The Hall–Kier alpha value is -0.260. The van der Waals surface area contributed by atoms with Gasteiger partial charge in [-0.05, 0) is 43.4 Å². The maximum atomic E-state index is 2.52. The van der Waals surface area contributed by atoms with Gasteiger partial charge in [0.2, 0.25) is 0 Å². The molecule has 0 heteroatoms. The molecule has 0 nitrogen and oxygen atoms in total. The van der Waals surface area contributed by atoms with Gasteiger partial charge in [0.15, 0.2) is 0 Å². The van der Waals surface area contributed by atoms with Crippen molar-refractivity contribution in [2.75, 3.05) is 0 Å². The highest BCUT2D eigenvalue weighted by atomic mass is 14.5. The molecular formula is C13H22. The fourth-order valence-corrected chi connectivity index (χ4v) is 3.48. The van der Waals surface area contributed by atoms with Gasteiger partial charge in [0.05, 0.1) is 0 Å². The molecule has 0 amide bonds. The van der Waals surface area contributed by atoms with E-state index in [-0.39, 0.29) is 0 Å².